The van der Waals surface area contributed by atoms with Crippen molar-refractivity contribution in [1.29, 1.82) is 0 Å². The van der Waals surface area contributed by atoms with E-state index in [0.717, 1.165) is 0 Å². The molecule has 1 aromatic rings. The Morgan fingerprint density at radius 1 is 1.33 bits per heavy atom. The summed E-state index contributed by atoms with van der Waals surface area (Å²) in [5.74, 6) is 0.336. The van der Waals surface area contributed by atoms with Gasteiger partial charge < -0.3 is 9.57 Å². The summed E-state index contributed by atoms with van der Waals surface area (Å²) < 4.78 is 4.94. The van der Waals surface area contributed by atoms with Gasteiger partial charge in [0.25, 0.3) is 0 Å². The number of ether oxygens (including phenoxy) is 1. The summed E-state index contributed by atoms with van der Waals surface area (Å²) >= 11 is 0. The van der Waals surface area contributed by atoms with Crippen molar-refractivity contribution in [2.24, 2.45) is 0 Å². The molecule has 0 aromatic carbocycles. The fourth-order valence-corrected chi connectivity index (χ4v) is 0.738. The Hall–Kier alpha value is -1.85. The first-order valence-electron chi connectivity index (χ1n) is 4.38. The molecule has 0 saturated carbocycles. The number of carbonyl (C=O) groups excluding carboxylic acids is 1. The van der Waals surface area contributed by atoms with Crippen molar-refractivity contribution in [2.75, 3.05) is 0 Å². The molecule has 82 valence electrons. The largest absolute Gasteiger partial charge is 0.442 e. The zero-order valence-electron chi connectivity index (χ0n) is 8.85. The molecule has 15 heavy (non-hydrogen) atoms. The number of carbonyl (C=O) groups is 1. The van der Waals surface area contributed by atoms with Gasteiger partial charge in [0.1, 0.15) is 11.9 Å². The van der Waals surface area contributed by atoms with Gasteiger partial charge in [-0.3, -0.25) is 0 Å². The minimum Gasteiger partial charge on any atom is -0.442 e. The average molecular weight is 211 g/mol. The topological polar surface area (TPSA) is 73.3 Å². The Kier molecular flexibility index (Phi) is 3.43. The number of hydrogen-bond acceptors (Lipinski definition) is 5. The fourth-order valence-electron chi connectivity index (χ4n) is 0.738. The molecule has 6 heteroatoms. The molecule has 1 amide bonds. The predicted octanol–water partition coefficient (Wildman–Crippen LogP) is 1.30. The molecule has 0 spiro atoms. The molecule has 1 rings (SSSR count). The summed E-state index contributed by atoms with van der Waals surface area (Å²) in [5.41, 5.74) is 1.56. The van der Waals surface area contributed by atoms with Crippen LogP contribution in [0.15, 0.2) is 18.7 Å². The summed E-state index contributed by atoms with van der Waals surface area (Å²) in [6, 6.07) is 0. The first kappa shape index (κ1) is 11.2. The van der Waals surface area contributed by atoms with Crippen molar-refractivity contribution in [2.45, 2.75) is 26.4 Å². The lowest BCUT2D eigenvalue weighted by atomic mass is 10.2. The molecule has 0 saturated heterocycles. The smallest absolute Gasteiger partial charge is 0.441 e. The molecular formula is C9H13N3O3. The van der Waals surface area contributed by atoms with E-state index >= 15 is 0 Å². The fraction of sp³-hybridized carbons (Fsp3) is 0.444. The summed E-state index contributed by atoms with van der Waals surface area (Å²) in [6.45, 7) is 5.29. The molecular weight excluding hydrogens is 198 g/mol. The third kappa shape index (κ3) is 4.80. The van der Waals surface area contributed by atoms with Crippen molar-refractivity contribution >= 4 is 6.09 Å². The van der Waals surface area contributed by atoms with E-state index in [4.69, 9.17) is 9.57 Å². The zero-order valence-corrected chi connectivity index (χ0v) is 8.85. The van der Waals surface area contributed by atoms with Gasteiger partial charge in [-0.2, -0.15) is 5.48 Å². The Bertz CT molecular complexity index is 321. The van der Waals surface area contributed by atoms with Gasteiger partial charge in [0.2, 0.25) is 0 Å². The summed E-state index contributed by atoms with van der Waals surface area (Å²) in [6.07, 6.45) is 3.54. The second-order valence-electron chi connectivity index (χ2n) is 3.78. The van der Waals surface area contributed by atoms with Crippen LogP contribution in [0.1, 0.15) is 20.8 Å². The van der Waals surface area contributed by atoms with E-state index in [1.165, 1.54) is 18.7 Å². The molecule has 0 aliphatic heterocycles. The Labute approximate surface area is 87.6 Å². The summed E-state index contributed by atoms with van der Waals surface area (Å²) in [5, 5.41) is 0. The van der Waals surface area contributed by atoms with Crippen molar-refractivity contribution < 1.29 is 14.4 Å². The summed E-state index contributed by atoms with van der Waals surface area (Å²) in [7, 11) is 0. The highest BCUT2D eigenvalue weighted by molar-refractivity contribution is 5.66. The molecule has 1 heterocycles. The lowest BCUT2D eigenvalue weighted by Gasteiger charge is -2.19. The Morgan fingerprint density at radius 3 is 2.47 bits per heavy atom. The third-order valence-corrected chi connectivity index (χ3v) is 1.19. The SMILES string of the molecule is CC(C)(C)OC(=O)NOc1cncnc1. The van der Waals surface area contributed by atoms with Crippen LogP contribution in [0.3, 0.4) is 0 Å². The number of hydroxylamine groups is 1. The molecule has 0 bridgehead atoms. The van der Waals surface area contributed by atoms with Crippen molar-refractivity contribution in [3.63, 3.8) is 0 Å². The molecule has 0 radical (unpaired) electrons. The Morgan fingerprint density at radius 2 is 1.93 bits per heavy atom. The molecule has 0 atom stereocenters. The van der Waals surface area contributed by atoms with Crippen LogP contribution in [0.5, 0.6) is 5.75 Å². The minimum absolute atomic E-state index is 0.336. The maximum Gasteiger partial charge on any atom is 0.441 e. The minimum atomic E-state index is -0.661. The van der Waals surface area contributed by atoms with E-state index in [-0.39, 0.29) is 0 Å². The quantitative estimate of drug-likeness (QED) is 0.746. The monoisotopic (exact) mass is 211 g/mol. The van der Waals surface area contributed by atoms with Crippen LogP contribution >= 0.6 is 0 Å². The summed E-state index contributed by atoms with van der Waals surface area (Å²) in [4.78, 5) is 23.4. The lowest BCUT2D eigenvalue weighted by Crippen LogP contribution is -2.34. The molecule has 1 N–H and O–H groups in total. The standard InChI is InChI=1S/C9H13N3O3/c1-9(2,3)14-8(13)12-15-7-4-10-6-11-5-7/h4-6H,1-3H3,(H,12,13). The average Bonchev–Trinajstić information content (AvgIpc) is 2.14. The molecule has 0 aliphatic rings. The van der Waals surface area contributed by atoms with Gasteiger partial charge in [-0.15, -0.1) is 0 Å². The first-order chi connectivity index (χ1) is 6.97. The number of amides is 1. The van der Waals surface area contributed by atoms with E-state index in [2.05, 4.69) is 15.4 Å². The van der Waals surface area contributed by atoms with Gasteiger partial charge in [-0.05, 0) is 20.8 Å². The van der Waals surface area contributed by atoms with E-state index < -0.39 is 11.7 Å². The number of rotatable bonds is 2. The van der Waals surface area contributed by atoms with Gasteiger partial charge in [0.15, 0.2) is 5.75 Å². The van der Waals surface area contributed by atoms with Crippen LogP contribution in [-0.4, -0.2) is 21.7 Å². The van der Waals surface area contributed by atoms with Crippen LogP contribution in [0.2, 0.25) is 0 Å². The highest BCUT2D eigenvalue weighted by Crippen LogP contribution is 2.07. The molecule has 0 aliphatic carbocycles. The van der Waals surface area contributed by atoms with Crippen molar-refractivity contribution in [3.05, 3.63) is 18.7 Å². The number of aromatic nitrogens is 2. The highest BCUT2D eigenvalue weighted by Gasteiger charge is 2.16. The van der Waals surface area contributed by atoms with Gasteiger partial charge in [-0.25, -0.2) is 14.8 Å². The van der Waals surface area contributed by atoms with E-state index in [1.54, 1.807) is 20.8 Å². The van der Waals surface area contributed by atoms with Crippen LogP contribution in [0.4, 0.5) is 4.79 Å². The molecule has 0 unspecified atom stereocenters. The zero-order chi connectivity index (χ0) is 11.3. The number of nitrogens with zero attached hydrogens (tertiary/aromatic N) is 2. The van der Waals surface area contributed by atoms with Crippen molar-refractivity contribution in [3.8, 4) is 5.75 Å². The van der Waals surface area contributed by atoms with Gasteiger partial charge in [-0.1, -0.05) is 0 Å². The normalized spacial score (nSPS) is 10.6. The number of nitrogens with one attached hydrogen (secondary N) is 1. The maximum atomic E-state index is 11.1. The molecule has 1 aromatic heterocycles. The maximum absolute atomic E-state index is 11.1. The van der Waals surface area contributed by atoms with Gasteiger partial charge >= 0.3 is 6.09 Å². The second-order valence-corrected chi connectivity index (χ2v) is 3.78. The van der Waals surface area contributed by atoms with Crippen LogP contribution in [0.25, 0.3) is 0 Å². The van der Waals surface area contributed by atoms with E-state index in [9.17, 15) is 4.79 Å². The third-order valence-electron chi connectivity index (χ3n) is 1.19. The van der Waals surface area contributed by atoms with Gasteiger partial charge in [0.05, 0.1) is 12.4 Å². The Balaban J connectivity index is 2.35. The van der Waals surface area contributed by atoms with Crippen LogP contribution < -0.4 is 10.3 Å². The number of hydrogen-bond donors (Lipinski definition) is 1. The highest BCUT2D eigenvalue weighted by atomic mass is 16.7. The van der Waals surface area contributed by atoms with E-state index in [0.29, 0.717) is 5.75 Å². The van der Waals surface area contributed by atoms with Crippen LogP contribution in [0, 0.1) is 0 Å². The van der Waals surface area contributed by atoms with Crippen molar-refractivity contribution in [1.82, 2.24) is 15.4 Å². The lowest BCUT2D eigenvalue weighted by molar-refractivity contribution is 0.0286. The van der Waals surface area contributed by atoms with Gasteiger partial charge in [0, 0.05) is 0 Å². The molecule has 0 fully saturated rings. The van der Waals surface area contributed by atoms with Crippen LogP contribution in [-0.2, 0) is 4.74 Å². The second kappa shape index (κ2) is 4.59. The predicted molar refractivity (Wildman–Crippen MR) is 52.0 cm³/mol. The van der Waals surface area contributed by atoms with E-state index in [1.807, 2.05) is 0 Å². The first-order valence-corrected chi connectivity index (χ1v) is 4.38. The molecule has 6 nitrogen and oxygen atoms in total.